The van der Waals surface area contributed by atoms with Crippen LogP contribution in [0.4, 0.5) is 5.69 Å². The molecule has 0 saturated heterocycles. The van der Waals surface area contributed by atoms with Crippen LogP contribution < -0.4 is 0 Å². The monoisotopic (exact) mass is 821 g/mol. The maximum absolute atomic E-state index is 9.88. The maximum Gasteiger partial charge on any atom is 4.00 e. The van der Waals surface area contributed by atoms with Gasteiger partial charge in [-0.05, 0) is 29.5 Å². The Bertz CT molecular complexity index is 1870. The van der Waals surface area contributed by atoms with Gasteiger partial charge in [-0.2, -0.15) is 53.1 Å². The molecule has 284 valence electrons. The normalized spacial score (nSPS) is 11.7. The van der Waals surface area contributed by atoms with E-state index in [0.717, 1.165) is 22.6 Å². The molecule has 0 bridgehead atoms. The molecule has 0 saturated carbocycles. The Morgan fingerprint density at radius 2 is 0.929 bits per heavy atom. The number of para-hydroxylation sites is 1. The fourth-order valence-corrected chi connectivity index (χ4v) is 5.53. The number of pyridine rings is 1. The first kappa shape index (κ1) is 47.1. The molecule has 6 aromatic rings. The van der Waals surface area contributed by atoms with Gasteiger partial charge in [0, 0.05) is 12.6 Å². The smallest absolute Gasteiger partial charge is 0.677 e. The predicted octanol–water partition coefficient (Wildman–Crippen LogP) is 10.7. The number of aromatic nitrogens is 1. The van der Waals surface area contributed by atoms with Gasteiger partial charge in [-0.25, -0.2) is 0 Å². The Morgan fingerprint density at radius 3 is 1.29 bits per heavy atom. The third kappa shape index (κ3) is 15.9. The molecule has 0 aliphatic rings. The second kappa shape index (κ2) is 25.1. The van der Waals surface area contributed by atoms with E-state index < -0.39 is 5.60 Å². The van der Waals surface area contributed by atoms with Gasteiger partial charge in [0.2, 0.25) is 5.60 Å². The largest absolute Gasteiger partial charge is 4.00 e. The topological polar surface area (TPSA) is 101 Å². The molecule has 0 spiro atoms. The van der Waals surface area contributed by atoms with E-state index in [1.165, 1.54) is 11.1 Å². The molecular weight excluding hydrogens is 772 g/mol. The Labute approximate surface area is 352 Å². The van der Waals surface area contributed by atoms with Crippen LogP contribution in [0.1, 0.15) is 104 Å². The fourth-order valence-electron chi connectivity index (χ4n) is 5.53. The summed E-state index contributed by atoms with van der Waals surface area (Å²) in [5.74, 6) is 0.817. The average molecular weight is 823 g/mol. The van der Waals surface area contributed by atoms with Crippen molar-refractivity contribution in [2.45, 2.75) is 71.4 Å². The van der Waals surface area contributed by atoms with Gasteiger partial charge in [0.15, 0.2) is 0 Å². The molecule has 0 aliphatic carbocycles. The minimum atomic E-state index is -0.796. The number of nitrogens with zero attached hydrogens (tertiary/aromatic N) is 2. The van der Waals surface area contributed by atoms with Gasteiger partial charge < -0.3 is 24.8 Å². The van der Waals surface area contributed by atoms with Crippen molar-refractivity contribution < 1.29 is 45.7 Å². The van der Waals surface area contributed by atoms with Crippen LogP contribution >= 0.6 is 0 Å². The standard InChI is InChI=1S/C28H35N2O.3C7H5O.Zr/c1-19(2)23-14-10-15-24(20(3)4)27(23)29-21(5)25-16-11-17-26(30-25)28(6,31)18-22-12-8-7-9-13-22;3*8-6-7-4-2-1-3-5-7;/h7-17,19-21,31H,18H2,1-6H3;3*1-5H;/q4*-1;+4/p+1. The van der Waals surface area contributed by atoms with E-state index in [0.29, 0.717) is 34.9 Å². The third-order valence-corrected chi connectivity index (χ3v) is 8.50. The molecule has 5 aromatic carbocycles. The van der Waals surface area contributed by atoms with E-state index in [4.69, 9.17) is 15.4 Å². The Hall–Kier alpha value is -5.10. The van der Waals surface area contributed by atoms with E-state index >= 15 is 0 Å². The first-order valence-corrected chi connectivity index (χ1v) is 18.4. The molecule has 0 fully saturated rings. The summed E-state index contributed by atoms with van der Waals surface area (Å²) in [6.07, 6.45) is 5.96. The van der Waals surface area contributed by atoms with Gasteiger partial charge in [0.05, 0.1) is 25.3 Å². The quantitative estimate of drug-likeness (QED) is 0.0959. The van der Waals surface area contributed by atoms with Gasteiger partial charge in [0.25, 0.3) is 0 Å². The summed E-state index contributed by atoms with van der Waals surface area (Å²) < 4.78 is 0. The van der Waals surface area contributed by atoms with Crippen molar-refractivity contribution in [1.29, 1.82) is 0 Å². The van der Waals surface area contributed by atoms with E-state index in [2.05, 4.69) is 65.0 Å². The molecule has 1 heterocycles. The Kier molecular flexibility index (Phi) is 21.1. The molecule has 2 unspecified atom stereocenters. The van der Waals surface area contributed by atoms with Crippen LogP contribution in [0.2, 0.25) is 0 Å². The van der Waals surface area contributed by atoms with Crippen molar-refractivity contribution in [1.82, 2.24) is 4.98 Å². The van der Waals surface area contributed by atoms with Crippen molar-refractivity contribution in [3.63, 3.8) is 0 Å². The zero-order chi connectivity index (χ0) is 40.1. The number of rotatable bonds is 11. The Morgan fingerprint density at radius 1 is 0.554 bits per heavy atom. The number of carbonyl (C=O) groups excluding carboxylic acids is 3. The summed E-state index contributed by atoms with van der Waals surface area (Å²) in [4.78, 5) is 34.5. The summed E-state index contributed by atoms with van der Waals surface area (Å²) in [5, 5.41) is 14.1. The molecule has 2 N–H and O–H groups in total. The van der Waals surface area contributed by atoms with Gasteiger partial charge in [0.1, 0.15) is 5.69 Å². The van der Waals surface area contributed by atoms with Gasteiger partial charge in [-0.1, -0.05) is 125 Å². The molecule has 1 aromatic heterocycles. The first-order chi connectivity index (χ1) is 26.5. The van der Waals surface area contributed by atoms with Crippen LogP contribution in [-0.2, 0) is 52.6 Å². The van der Waals surface area contributed by atoms with E-state index in [1.54, 1.807) is 91.7 Å². The Balaban J connectivity index is 0.000000346. The van der Waals surface area contributed by atoms with Crippen molar-refractivity contribution in [3.8, 4) is 0 Å². The van der Waals surface area contributed by atoms with E-state index in [9.17, 15) is 14.4 Å². The van der Waals surface area contributed by atoms with Crippen LogP contribution in [0.25, 0.3) is 5.32 Å². The van der Waals surface area contributed by atoms with Crippen LogP contribution in [0.3, 0.4) is 0 Å². The summed E-state index contributed by atoms with van der Waals surface area (Å²) in [7, 11) is 0. The average Bonchev–Trinajstić information content (AvgIpc) is 3.22. The molecule has 2 atom stereocenters. The summed E-state index contributed by atoms with van der Waals surface area (Å²) >= 11 is 0. The zero-order valence-electron chi connectivity index (χ0n) is 33.1. The minimum Gasteiger partial charge on any atom is -0.677 e. The molecule has 6 nitrogen and oxygen atoms in total. The van der Waals surface area contributed by atoms with E-state index in [-0.39, 0.29) is 32.2 Å². The van der Waals surface area contributed by atoms with Crippen molar-refractivity contribution >= 4 is 24.5 Å². The van der Waals surface area contributed by atoms with Gasteiger partial charge >= 0.3 is 26.2 Å². The molecule has 0 amide bonds. The molecule has 0 aliphatic heterocycles. The number of hydrogen-bond donors (Lipinski definition) is 0. The van der Waals surface area contributed by atoms with Crippen LogP contribution in [0.15, 0.2) is 158 Å². The van der Waals surface area contributed by atoms with Crippen LogP contribution in [-0.4, -0.2) is 28.9 Å². The molecule has 7 heteroatoms. The molecule has 56 heavy (non-hydrogen) atoms. The molecule has 0 radical (unpaired) electrons. The SMILES string of the molecule is CC(C)c1cccc(C(C)C)c1[N-]C(C)c1cccc(C(C)([OH2+])Cc2ccccc2)n1.O=[C-]c1ccccc1.O=[C-]c1ccccc1.O=[C-]c1ccccc1.[Zr+4]. The maximum atomic E-state index is 9.88. The second-order valence-electron chi connectivity index (χ2n) is 13.7. The van der Waals surface area contributed by atoms with Gasteiger partial charge in [-0.3, -0.25) is 4.98 Å². The van der Waals surface area contributed by atoms with E-state index in [1.807, 2.05) is 61.5 Å². The summed E-state index contributed by atoms with van der Waals surface area (Å²) in [6.45, 7) is 12.9. The van der Waals surface area contributed by atoms with Crippen LogP contribution in [0.5, 0.6) is 0 Å². The van der Waals surface area contributed by atoms with Gasteiger partial charge in [-0.15, -0.1) is 42.1 Å². The first-order valence-electron chi connectivity index (χ1n) is 18.4. The van der Waals surface area contributed by atoms with Crippen molar-refractivity contribution in [2.75, 3.05) is 0 Å². The predicted molar refractivity (Wildman–Crippen MR) is 225 cm³/mol. The van der Waals surface area contributed by atoms with Crippen molar-refractivity contribution in [2.24, 2.45) is 0 Å². The van der Waals surface area contributed by atoms with Crippen molar-refractivity contribution in [3.05, 3.63) is 208 Å². The summed E-state index contributed by atoms with van der Waals surface area (Å²) in [6, 6.07) is 49.4. The summed E-state index contributed by atoms with van der Waals surface area (Å²) in [5.41, 5.74) is 7.53. The third-order valence-electron chi connectivity index (χ3n) is 8.50. The minimum absolute atomic E-state index is 0. The number of benzene rings is 5. The molecular formula is C49H51N2O4Zr+. The fraction of sp³-hybridized carbons (Fsp3) is 0.224. The zero-order valence-corrected chi connectivity index (χ0v) is 35.5. The number of hydrogen-bond acceptors (Lipinski definition) is 4. The molecule has 6 rings (SSSR count). The van der Waals surface area contributed by atoms with Crippen LogP contribution in [0, 0.1) is 0 Å². The second-order valence-corrected chi connectivity index (χ2v) is 13.7.